The van der Waals surface area contributed by atoms with Crippen LogP contribution < -0.4 is 10.7 Å². The van der Waals surface area contributed by atoms with E-state index in [1.807, 2.05) is 6.07 Å². The van der Waals surface area contributed by atoms with Gasteiger partial charge >= 0.3 is 0 Å². The number of carbonyl (C=O) groups is 1. The third kappa shape index (κ3) is 4.91. The summed E-state index contributed by atoms with van der Waals surface area (Å²) in [5.41, 5.74) is 0.895. The average Bonchev–Trinajstić information content (AvgIpc) is 3.60. The number of aliphatic hydroxyl groups is 1. The van der Waals surface area contributed by atoms with Crippen molar-refractivity contribution in [2.24, 2.45) is 5.92 Å². The van der Waals surface area contributed by atoms with Crippen LogP contribution in [0.25, 0.3) is 11.0 Å². The number of hydrogen-bond acceptors (Lipinski definition) is 6. The number of hydrogen-bond donors (Lipinski definition) is 2. The van der Waals surface area contributed by atoms with Crippen molar-refractivity contribution in [3.05, 3.63) is 58.2 Å². The molecule has 1 aliphatic carbocycles. The SMILES string of the molecule is O=C(NCC1CC1)C1=CC(c2coc3ccccc3c2=O)CC(OCCCCO)O1. The van der Waals surface area contributed by atoms with E-state index in [2.05, 4.69) is 5.32 Å². The predicted molar refractivity (Wildman–Crippen MR) is 111 cm³/mol. The molecule has 2 unspecified atom stereocenters. The molecule has 1 aromatic carbocycles. The summed E-state index contributed by atoms with van der Waals surface area (Å²) in [5.74, 6) is 0.0727. The maximum atomic E-state index is 13.0. The first kappa shape index (κ1) is 20.6. The highest BCUT2D eigenvalue weighted by molar-refractivity contribution is 5.91. The summed E-state index contributed by atoms with van der Waals surface area (Å²) >= 11 is 0. The highest BCUT2D eigenvalue weighted by Gasteiger charge is 2.31. The van der Waals surface area contributed by atoms with Crippen LogP contribution in [0.1, 0.15) is 43.6 Å². The summed E-state index contributed by atoms with van der Waals surface area (Å²) in [7, 11) is 0. The Kier molecular flexibility index (Phi) is 6.50. The van der Waals surface area contributed by atoms with Gasteiger partial charge in [-0.3, -0.25) is 9.59 Å². The number of carbonyl (C=O) groups excluding carboxylic acids is 1. The topological polar surface area (TPSA) is 98.0 Å². The molecule has 7 nitrogen and oxygen atoms in total. The molecule has 1 amide bonds. The standard InChI is InChI=1S/C23H27NO6/c25-9-3-4-10-28-21-12-16(11-20(30-21)23(27)24-13-15-7-8-15)18-14-29-19-6-2-1-5-17(19)22(18)26/h1-2,5-6,11,14-16,21,25H,3-4,7-10,12-13H2,(H,24,27). The lowest BCUT2D eigenvalue weighted by Crippen LogP contribution is -2.34. The first-order valence-corrected chi connectivity index (χ1v) is 10.6. The van der Waals surface area contributed by atoms with Gasteiger partial charge in [0.2, 0.25) is 6.29 Å². The first-order chi connectivity index (χ1) is 14.7. The van der Waals surface area contributed by atoms with E-state index in [1.165, 1.54) is 6.26 Å². The Morgan fingerprint density at radius 3 is 2.87 bits per heavy atom. The summed E-state index contributed by atoms with van der Waals surface area (Å²) in [5, 5.41) is 12.4. The van der Waals surface area contributed by atoms with Crippen LogP contribution in [-0.2, 0) is 14.3 Å². The van der Waals surface area contributed by atoms with Crippen LogP contribution in [-0.4, -0.2) is 37.1 Å². The molecule has 30 heavy (non-hydrogen) atoms. The molecule has 1 aromatic heterocycles. The van der Waals surface area contributed by atoms with Gasteiger partial charge in [0.05, 0.1) is 18.3 Å². The van der Waals surface area contributed by atoms with E-state index in [4.69, 9.17) is 19.0 Å². The number of ether oxygens (including phenoxy) is 2. The number of benzene rings is 1. The molecular weight excluding hydrogens is 386 g/mol. The second-order valence-corrected chi connectivity index (χ2v) is 7.89. The van der Waals surface area contributed by atoms with Gasteiger partial charge in [-0.15, -0.1) is 0 Å². The van der Waals surface area contributed by atoms with E-state index in [1.54, 1.807) is 24.3 Å². The van der Waals surface area contributed by atoms with Crippen molar-refractivity contribution in [2.75, 3.05) is 19.8 Å². The molecule has 1 aliphatic heterocycles. The van der Waals surface area contributed by atoms with Crippen molar-refractivity contribution >= 4 is 16.9 Å². The van der Waals surface area contributed by atoms with Crippen molar-refractivity contribution < 1.29 is 23.8 Å². The fourth-order valence-corrected chi connectivity index (χ4v) is 3.56. The molecule has 4 rings (SSSR count). The van der Waals surface area contributed by atoms with Gasteiger partial charge in [-0.25, -0.2) is 0 Å². The summed E-state index contributed by atoms with van der Waals surface area (Å²) < 4.78 is 17.3. The third-order valence-electron chi connectivity index (χ3n) is 5.49. The Bertz CT molecular complexity index is 977. The van der Waals surface area contributed by atoms with Crippen LogP contribution >= 0.6 is 0 Å². The second-order valence-electron chi connectivity index (χ2n) is 7.89. The van der Waals surface area contributed by atoms with E-state index in [-0.39, 0.29) is 29.6 Å². The van der Waals surface area contributed by atoms with Crippen LogP contribution in [0.3, 0.4) is 0 Å². The Morgan fingerprint density at radius 1 is 1.23 bits per heavy atom. The molecule has 2 N–H and O–H groups in total. The summed E-state index contributed by atoms with van der Waals surface area (Å²) in [6.07, 6.45) is 6.51. The van der Waals surface area contributed by atoms with Crippen LogP contribution in [0, 0.1) is 5.92 Å². The number of fused-ring (bicyclic) bond motifs is 1. The number of unbranched alkanes of at least 4 members (excludes halogenated alkanes) is 1. The number of para-hydroxylation sites is 1. The maximum Gasteiger partial charge on any atom is 0.286 e. The average molecular weight is 413 g/mol. The lowest BCUT2D eigenvalue weighted by molar-refractivity contribution is -0.146. The molecule has 0 bridgehead atoms. The zero-order valence-corrected chi connectivity index (χ0v) is 16.8. The van der Waals surface area contributed by atoms with Crippen molar-refractivity contribution in [3.8, 4) is 0 Å². The lowest BCUT2D eigenvalue weighted by Gasteiger charge is -2.29. The molecule has 0 spiro atoms. The fraction of sp³-hybridized carbons (Fsp3) is 0.478. The molecule has 2 heterocycles. The fourth-order valence-electron chi connectivity index (χ4n) is 3.56. The molecule has 2 aromatic rings. The first-order valence-electron chi connectivity index (χ1n) is 10.6. The molecule has 2 aliphatic rings. The Hall–Kier alpha value is -2.64. The van der Waals surface area contributed by atoms with Gasteiger partial charge in [0.15, 0.2) is 11.2 Å². The van der Waals surface area contributed by atoms with E-state index < -0.39 is 6.29 Å². The van der Waals surface area contributed by atoms with Crippen molar-refractivity contribution in [1.29, 1.82) is 0 Å². The van der Waals surface area contributed by atoms with Crippen LogP contribution in [0.4, 0.5) is 0 Å². The van der Waals surface area contributed by atoms with Gasteiger partial charge in [0.1, 0.15) is 5.58 Å². The maximum absolute atomic E-state index is 13.0. The zero-order chi connectivity index (χ0) is 20.9. The number of aliphatic hydroxyl groups excluding tert-OH is 1. The van der Waals surface area contributed by atoms with Crippen molar-refractivity contribution in [1.82, 2.24) is 5.32 Å². The van der Waals surface area contributed by atoms with Crippen LogP contribution in [0.5, 0.6) is 0 Å². The Labute approximate surface area is 174 Å². The number of amides is 1. The highest BCUT2D eigenvalue weighted by atomic mass is 16.7. The van der Waals surface area contributed by atoms with Gasteiger partial charge in [0.25, 0.3) is 5.91 Å². The quantitative estimate of drug-likeness (QED) is 0.614. The Balaban J connectivity index is 1.57. The largest absolute Gasteiger partial charge is 0.464 e. The number of rotatable bonds is 9. The minimum atomic E-state index is -0.647. The van der Waals surface area contributed by atoms with Gasteiger partial charge in [-0.1, -0.05) is 12.1 Å². The van der Waals surface area contributed by atoms with E-state index >= 15 is 0 Å². The van der Waals surface area contributed by atoms with Crippen molar-refractivity contribution in [3.63, 3.8) is 0 Å². The van der Waals surface area contributed by atoms with Crippen LogP contribution in [0.15, 0.2) is 51.6 Å². The minimum absolute atomic E-state index is 0.102. The van der Waals surface area contributed by atoms with Gasteiger partial charge in [-0.2, -0.15) is 0 Å². The summed E-state index contributed by atoms with van der Waals surface area (Å²) in [4.78, 5) is 25.7. The van der Waals surface area contributed by atoms with Crippen LogP contribution in [0.2, 0.25) is 0 Å². The van der Waals surface area contributed by atoms with E-state index in [0.717, 1.165) is 12.8 Å². The minimum Gasteiger partial charge on any atom is -0.464 e. The summed E-state index contributed by atoms with van der Waals surface area (Å²) in [6.45, 7) is 1.13. The Morgan fingerprint density at radius 2 is 2.07 bits per heavy atom. The van der Waals surface area contributed by atoms with Gasteiger partial charge < -0.3 is 24.3 Å². The predicted octanol–water partition coefficient (Wildman–Crippen LogP) is 2.82. The molecule has 2 atom stereocenters. The molecule has 1 fully saturated rings. The lowest BCUT2D eigenvalue weighted by atomic mass is 9.93. The molecule has 0 radical (unpaired) electrons. The number of allylic oxidation sites excluding steroid dienone is 1. The third-order valence-corrected chi connectivity index (χ3v) is 5.49. The summed E-state index contributed by atoms with van der Waals surface area (Å²) in [6, 6.07) is 7.11. The normalized spacial score (nSPS) is 21.2. The zero-order valence-electron chi connectivity index (χ0n) is 16.8. The molecule has 7 heteroatoms. The smallest absolute Gasteiger partial charge is 0.286 e. The van der Waals surface area contributed by atoms with Gasteiger partial charge in [0, 0.05) is 31.1 Å². The molecule has 1 saturated carbocycles. The monoisotopic (exact) mass is 413 g/mol. The number of nitrogens with one attached hydrogen (secondary N) is 1. The molecule has 160 valence electrons. The van der Waals surface area contributed by atoms with Crippen molar-refractivity contribution in [2.45, 2.75) is 44.3 Å². The second kappa shape index (κ2) is 9.45. The van der Waals surface area contributed by atoms with E-state index in [0.29, 0.717) is 54.9 Å². The van der Waals surface area contributed by atoms with Gasteiger partial charge in [-0.05, 0) is 49.8 Å². The molecule has 0 saturated heterocycles. The van der Waals surface area contributed by atoms with E-state index in [9.17, 15) is 9.59 Å². The molecular formula is C23H27NO6. The highest BCUT2D eigenvalue weighted by Crippen LogP contribution is 2.32.